The molecule has 0 saturated heterocycles. The zero-order valence-electron chi connectivity index (χ0n) is 15.0. The number of carbonyl (C=O) groups excluding carboxylic acids is 2. The van der Waals surface area contributed by atoms with Crippen molar-refractivity contribution < 1.29 is 14.3 Å². The Morgan fingerprint density at radius 1 is 1.00 bits per heavy atom. The van der Waals surface area contributed by atoms with Gasteiger partial charge in [0.1, 0.15) is 0 Å². The van der Waals surface area contributed by atoms with Crippen LogP contribution in [0.25, 0.3) is 17.0 Å². The van der Waals surface area contributed by atoms with Crippen LogP contribution in [0.2, 0.25) is 0 Å². The van der Waals surface area contributed by atoms with Crippen molar-refractivity contribution in [2.45, 2.75) is 6.54 Å². The lowest BCUT2D eigenvalue weighted by atomic mass is 10.2. The molecule has 0 bridgehead atoms. The first-order valence-corrected chi connectivity index (χ1v) is 8.60. The molecule has 0 fully saturated rings. The van der Waals surface area contributed by atoms with Crippen LogP contribution in [-0.4, -0.2) is 35.4 Å². The lowest BCUT2D eigenvalue weighted by Crippen LogP contribution is -2.30. The van der Waals surface area contributed by atoms with E-state index in [2.05, 4.69) is 4.98 Å². The second-order valence-electron chi connectivity index (χ2n) is 6.11. The molecular formula is C22H20N2O3. The highest BCUT2D eigenvalue weighted by molar-refractivity contribution is 5.89. The van der Waals surface area contributed by atoms with Crippen molar-refractivity contribution in [2.75, 3.05) is 13.7 Å². The topological polar surface area (TPSA) is 59.5 Å². The van der Waals surface area contributed by atoms with E-state index in [9.17, 15) is 9.59 Å². The number of para-hydroxylation sites is 1. The molecule has 5 nitrogen and oxygen atoms in total. The lowest BCUT2D eigenvalue weighted by Gasteiger charge is -2.16. The van der Waals surface area contributed by atoms with Crippen molar-refractivity contribution >= 4 is 28.9 Å². The number of likely N-dealkylation sites (N-methyl/N-ethyl adjacent to an activating group) is 1. The van der Waals surface area contributed by atoms with Crippen LogP contribution >= 0.6 is 0 Å². The second-order valence-corrected chi connectivity index (χ2v) is 6.11. The zero-order valence-corrected chi connectivity index (χ0v) is 15.0. The zero-order chi connectivity index (χ0) is 19.1. The number of carbonyl (C=O) groups is 2. The number of benzene rings is 2. The van der Waals surface area contributed by atoms with Crippen LogP contribution in [0.4, 0.5) is 0 Å². The van der Waals surface area contributed by atoms with Gasteiger partial charge in [-0.15, -0.1) is 0 Å². The predicted octanol–water partition coefficient (Wildman–Crippen LogP) is 3.45. The molecule has 1 aromatic heterocycles. The molecule has 3 rings (SSSR count). The molecule has 5 heteroatoms. The summed E-state index contributed by atoms with van der Waals surface area (Å²) in [6.07, 6.45) is 2.86. The molecule has 0 atom stereocenters. The van der Waals surface area contributed by atoms with Gasteiger partial charge < -0.3 is 9.64 Å². The van der Waals surface area contributed by atoms with Crippen LogP contribution < -0.4 is 0 Å². The molecule has 0 aliphatic rings. The minimum absolute atomic E-state index is 0.260. The van der Waals surface area contributed by atoms with E-state index in [1.807, 2.05) is 66.7 Å². The number of esters is 1. The van der Waals surface area contributed by atoms with Gasteiger partial charge in [-0.2, -0.15) is 0 Å². The maximum atomic E-state index is 12.1. The largest absolute Gasteiger partial charge is 0.452 e. The third-order valence-electron chi connectivity index (χ3n) is 4.04. The Kier molecular flexibility index (Phi) is 5.94. The van der Waals surface area contributed by atoms with E-state index < -0.39 is 5.97 Å². The van der Waals surface area contributed by atoms with Crippen molar-refractivity contribution in [2.24, 2.45) is 0 Å². The first-order chi connectivity index (χ1) is 13.1. The molecule has 27 heavy (non-hydrogen) atoms. The third kappa shape index (κ3) is 5.25. The number of aromatic nitrogens is 1. The second kappa shape index (κ2) is 8.76. The highest BCUT2D eigenvalue weighted by atomic mass is 16.5. The smallest absolute Gasteiger partial charge is 0.331 e. The molecule has 0 saturated carbocycles. The monoisotopic (exact) mass is 360 g/mol. The fourth-order valence-corrected chi connectivity index (χ4v) is 2.56. The van der Waals surface area contributed by atoms with Crippen LogP contribution in [-0.2, 0) is 20.9 Å². The van der Waals surface area contributed by atoms with Gasteiger partial charge >= 0.3 is 5.97 Å². The Hall–Kier alpha value is -3.47. The average Bonchev–Trinajstić information content (AvgIpc) is 2.71. The van der Waals surface area contributed by atoms with Gasteiger partial charge in [0.25, 0.3) is 5.91 Å². The number of ether oxygens (including phenoxy) is 1. The summed E-state index contributed by atoms with van der Waals surface area (Å²) in [5.41, 5.74) is 2.52. The van der Waals surface area contributed by atoms with Gasteiger partial charge in [-0.25, -0.2) is 9.78 Å². The molecule has 0 radical (unpaired) electrons. The predicted molar refractivity (Wildman–Crippen MR) is 105 cm³/mol. The van der Waals surface area contributed by atoms with Crippen LogP contribution in [0.15, 0.2) is 72.8 Å². The molecule has 2 aromatic carbocycles. The van der Waals surface area contributed by atoms with Crippen LogP contribution in [0, 0.1) is 0 Å². The standard InChI is InChI=1S/C22H20N2O3/c1-24(15-17-7-3-2-4-8-17)21(25)16-27-22(26)14-13-19-12-11-18-9-5-6-10-20(18)23-19/h2-14H,15-16H2,1H3/b14-13+. The van der Waals surface area contributed by atoms with Crippen molar-refractivity contribution in [3.63, 3.8) is 0 Å². The van der Waals surface area contributed by atoms with E-state index >= 15 is 0 Å². The quantitative estimate of drug-likeness (QED) is 0.499. The van der Waals surface area contributed by atoms with E-state index in [4.69, 9.17) is 4.74 Å². The summed E-state index contributed by atoms with van der Waals surface area (Å²) < 4.78 is 5.03. The molecule has 0 aliphatic carbocycles. The Morgan fingerprint density at radius 3 is 2.56 bits per heavy atom. The first-order valence-electron chi connectivity index (χ1n) is 8.60. The maximum Gasteiger partial charge on any atom is 0.331 e. The van der Waals surface area contributed by atoms with Gasteiger partial charge in [-0.05, 0) is 23.8 Å². The SMILES string of the molecule is CN(Cc1ccccc1)C(=O)COC(=O)/C=C/c1ccc2ccccc2n1. The van der Waals surface area contributed by atoms with Crippen molar-refractivity contribution in [3.8, 4) is 0 Å². The Morgan fingerprint density at radius 2 is 1.74 bits per heavy atom. The van der Waals surface area contributed by atoms with Crippen LogP contribution in [0.1, 0.15) is 11.3 Å². The number of pyridine rings is 1. The van der Waals surface area contributed by atoms with Crippen molar-refractivity contribution in [3.05, 3.63) is 84.1 Å². The lowest BCUT2D eigenvalue weighted by molar-refractivity contribution is -0.147. The number of hydrogen-bond acceptors (Lipinski definition) is 4. The summed E-state index contributed by atoms with van der Waals surface area (Å²) in [5.74, 6) is -0.837. The molecule has 0 aliphatic heterocycles. The highest BCUT2D eigenvalue weighted by Crippen LogP contribution is 2.12. The van der Waals surface area contributed by atoms with E-state index in [0.717, 1.165) is 16.5 Å². The molecule has 136 valence electrons. The van der Waals surface area contributed by atoms with Gasteiger partial charge in [0.15, 0.2) is 6.61 Å². The summed E-state index contributed by atoms with van der Waals surface area (Å²) >= 11 is 0. The number of rotatable bonds is 6. The molecule has 1 heterocycles. The molecule has 3 aromatic rings. The Labute approximate surface area is 157 Å². The van der Waals surface area contributed by atoms with Crippen molar-refractivity contribution in [1.29, 1.82) is 0 Å². The molecule has 1 amide bonds. The minimum atomic E-state index is -0.577. The van der Waals surface area contributed by atoms with Gasteiger partial charge in [-0.1, -0.05) is 54.6 Å². The third-order valence-corrected chi connectivity index (χ3v) is 4.04. The number of hydrogen-bond donors (Lipinski definition) is 0. The highest BCUT2D eigenvalue weighted by Gasteiger charge is 2.11. The van der Waals surface area contributed by atoms with Gasteiger partial charge in [-0.3, -0.25) is 4.79 Å². The summed E-state index contributed by atoms with van der Waals surface area (Å²) in [5, 5.41) is 1.03. The van der Waals surface area contributed by atoms with E-state index in [1.54, 1.807) is 13.1 Å². The van der Waals surface area contributed by atoms with Gasteiger partial charge in [0, 0.05) is 25.1 Å². The molecule has 0 unspecified atom stereocenters. The van der Waals surface area contributed by atoms with E-state index in [-0.39, 0.29) is 12.5 Å². The maximum absolute atomic E-state index is 12.1. The van der Waals surface area contributed by atoms with E-state index in [0.29, 0.717) is 12.2 Å². The van der Waals surface area contributed by atoms with Crippen molar-refractivity contribution in [1.82, 2.24) is 9.88 Å². The number of nitrogens with zero attached hydrogens (tertiary/aromatic N) is 2. The molecule has 0 N–H and O–H groups in total. The fraction of sp³-hybridized carbons (Fsp3) is 0.136. The summed E-state index contributed by atoms with van der Waals surface area (Å²) in [6, 6.07) is 21.1. The molecule has 0 spiro atoms. The minimum Gasteiger partial charge on any atom is -0.452 e. The Bertz CT molecular complexity index is 967. The normalized spacial score (nSPS) is 10.9. The average molecular weight is 360 g/mol. The number of fused-ring (bicyclic) bond motifs is 1. The Balaban J connectivity index is 1.50. The van der Waals surface area contributed by atoms with Crippen LogP contribution in [0.5, 0.6) is 0 Å². The van der Waals surface area contributed by atoms with E-state index in [1.165, 1.54) is 11.0 Å². The summed E-state index contributed by atoms with van der Waals surface area (Å²) in [7, 11) is 1.68. The van der Waals surface area contributed by atoms with Gasteiger partial charge in [0.05, 0.1) is 11.2 Å². The first kappa shape index (κ1) is 18.3. The summed E-state index contributed by atoms with van der Waals surface area (Å²) in [6.45, 7) is 0.172. The van der Waals surface area contributed by atoms with Gasteiger partial charge in [0.2, 0.25) is 0 Å². The summed E-state index contributed by atoms with van der Waals surface area (Å²) in [4.78, 5) is 29.9. The molecular weight excluding hydrogens is 340 g/mol. The van der Waals surface area contributed by atoms with Crippen LogP contribution in [0.3, 0.4) is 0 Å². The number of amides is 1. The fourth-order valence-electron chi connectivity index (χ4n) is 2.56.